The molecule has 1 aliphatic heterocycles. The highest BCUT2D eigenvalue weighted by molar-refractivity contribution is 5.22. The van der Waals surface area contributed by atoms with Crippen LogP contribution in [0.3, 0.4) is 0 Å². The molecule has 1 saturated heterocycles. The van der Waals surface area contributed by atoms with Gasteiger partial charge in [0.25, 0.3) is 0 Å². The monoisotopic (exact) mass is 239 g/mol. The lowest BCUT2D eigenvalue weighted by atomic mass is 10.3. The normalized spacial score (nSPS) is 21.4. The molecule has 1 unspecified atom stereocenters. The zero-order valence-electron chi connectivity index (χ0n) is 10.1. The highest BCUT2D eigenvalue weighted by atomic mass is 19.1. The fourth-order valence-corrected chi connectivity index (χ4v) is 1.91. The van der Waals surface area contributed by atoms with Gasteiger partial charge in [0.1, 0.15) is 24.3 Å². The van der Waals surface area contributed by atoms with Gasteiger partial charge in [-0.1, -0.05) is 13.0 Å². The Bertz CT molecular complexity index is 359. The molecule has 0 N–H and O–H groups in total. The molecule has 1 heterocycles. The molecule has 1 aromatic rings. The van der Waals surface area contributed by atoms with E-state index in [1.165, 1.54) is 12.1 Å². The molecule has 17 heavy (non-hydrogen) atoms. The number of hydrogen-bond acceptors (Lipinski definition) is 3. The van der Waals surface area contributed by atoms with E-state index in [0.29, 0.717) is 12.4 Å². The summed E-state index contributed by atoms with van der Waals surface area (Å²) in [6.07, 6.45) is 0.0759. The van der Waals surface area contributed by atoms with Crippen LogP contribution in [-0.2, 0) is 4.74 Å². The zero-order chi connectivity index (χ0) is 12.1. The Hall–Kier alpha value is -1.13. The van der Waals surface area contributed by atoms with Crippen LogP contribution < -0.4 is 4.74 Å². The van der Waals surface area contributed by atoms with E-state index in [0.717, 1.165) is 26.2 Å². The van der Waals surface area contributed by atoms with Crippen LogP contribution in [0.25, 0.3) is 0 Å². The van der Waals surface area contributed by atoms with E-state index in [1.807, 2.05) is 0 Å². The topological polar surface area (TPSA) is 21.7 Å². The summed E-state index contributed by atoms with van der Waals surface area (Å²) in [5, 5.41) is 0. The second kappa shape index (κ2) is 5.98. The van der Waals surface area contributed by atoms with E-state index in [2.05, 4.69) is 11.8 Å². The van der Waals surface area contributed by atoms with Gasteiger partial charge < -0.3 is 9.47 Å². The minimum absolute atomic E-state index is 0.0759. The van der Waals surface area contributed by atoms with Gasteiger partial charge in [0.2, 0.25) is 0 Å². The molecule has 0 aromatic heterocycles. The molecule has 1 aliphatic rings. The van der Waals surface area contributed by atoms with Gasteiger partial charge in [0, 0.05) is 19.2 Å². The molecule has 0 aliphatic carbocycles. The van der Waals surface area contributed by atoms with Gasteiger partial charge in [0.15, 0.2) is 0 Å². The molecule has 94 valence electrons. The summed E-state index contributed by atoms with van der Waals surface area (Å²) in [6.45, 7) is 6.24. The summed E-state index contributed by atoms with van der Waals surface area (Å²) in [7, 11) is 0. The van der Waals surface area contributed by atoms with Crippen molar-refractivity contribution in [2.75, 3.05) is 32.8 Å². The molecule has 1 aromatic carbocycles. The lowest BCUT2D eigenvalue weighted by molar-refractivity contribution is -0.0464. The van der Waals surface area contributed by atoms with Crippen LogP contribution >= 0.6 is 0 Å². The smallest absolute Gasteiger partial charge is 0.126 e. The molecule has 1 atom stereocenters. The van der Waals surface area contributed by atoms with Gasteiger partial charge in [-0.2, -0.15) is 0 Å². The maximum atomic E-state index is 12.9. The maximum absolute atomic E-state index is 12.9. The fourth-order valence-electron chi connectivity index (χ4n) is 1.91. The van der Waals surface area contributed by atoms with Crippen LogP contribution in [0.2, 0.25) is 0 Å². The van der Waals surface area contributed by atoms with Crippen molar-refractivity contribution in [1.29, 1.82) is 0 Å². The van der Waals surface area contributed by atoms with Crippen LogP contribution in [0.5, 0.6) is 5.75 Å². The van der Waals surface area contributed by atoms with E-state index >= 15 is 0 Å². The van der Waals surface area contributed by atoms with Crippen LogP contribution in [0.15, 0.2) is 24.3 Å². The average Bonchev–Trinajstić information content (AvgIpc) is 2.37. The quantitative estimate of drug-likeness (QED) is 0.801. The number of halogens is 1. The third kappa shape index (κ3) is 3.68. The average molecular weight is 239 g/mol. The summed E-state index contributed by atoms with van der Waals surface area (Å²) in [5.74, 6) is 0.282. The van der Waals surface area contributed by atoms with E-state index in [1.54, 1.807) is 12.1 Å². The second-order valence-electron chi connectivity index (χ2n) is 4.15. The van der Waals surface area contributed by atoms with Gasteiger partial charge >= 0.3 is 0 Å². The van der Waals surface area contributed by atoms with E-state index in [9.17, 15) is 4.39 Å². The molecule has 2 rings (SSSR count). The Morgan fingerprint density at radius 2 is 2.41 bits per heavy atom. The standard InChI is InChI=1S/C13H18FNO2/c1-2-15-6-7-16-13(9-15)10-17-12-5-3-4-11(14)8-12/h3-5,8,13H,2,6-7,9-10H2,1H3. The number of benzene rings is 1. The number of ether oxygens (including phenoxy) is 2. The minimum atomic E-state index is -0.276. The summed E-state index contributed by atoms with van der Waals surface area (Å²) in [5.41, 5.74) is 0. The van der Waals surface area contributed by atoms with Crippen molar-refractivity contribution < 1.29 is 13.9 Å². The molecule has 1 fully saturated rings. The van der Waals surface area contributed by atoms with Crippen molar-refractivity contribution in [2.45, 2.75) is 13.0 Å². The van der Waals surface area contributed by atoms with Crippen LogP contribution in [0.4, 0.5) is 4.39 Å². The van der Waals surface area contributed by atoms with Crippen molar-refractivity contribution in [3.8, 4) is 5.75 Å². The molecule has 0 bridgehead atoms. The third-order valence-electron chi connectivity index (χ3n) is 2.90. The third-order valence-corrected chi connectivity index (χ3v) is 2.90. The molecule has 3 nitrogen and oxygen atoms in total. The predicted molar refractivity (Wildman–Crippen MR) is 63.7 cm³/mol. The summed E-state index contributed by atoms with van der Waals surface area (Å²) >= 11 is 0. The Labute approximate surface area is 101 Å². The minimum Gasteiger partial charge on any atom is -0.491 e. The number of hydrogen-bond donors (Lipinski definition) is 0. The lowest BCUT2D eigenvalue weighted by Crippen LogP contribution is -2.44. The van der Waals surface area contributed by atoms with Gasteiger partial charge in [0.05, 0.1) is 6.61 Å². The van der Waals surface area contributed by atoms with Crippen molar-refractivity contribution in [3.63, 3.8) is 0 Å². The van der Waals surface area contributed by atoms with Crippen molar-refractivity contribution >= 4 is 0 Å². The molecular weight excluding hydrogens is 221 g/mol. The molecule has 0 radical (unpaired) electrons. The molecule has 0 amide bonds. The zero-order valence-corrected chi connectivity index (χ0v) is 10.1. The van der Waals surface area contributed by atoms with Crippen LogP contribution in [0.1, 0.15) is 6.92 Å². The van der Waals surface area contributed by atoms with Gasteiger partial charge in [-0.25, -0.2) is 4.39 Å². The number of morpholine rings is 1. The van der Waals surface area contributed by atoms with Gasteiger partial charge in [-0.15, -0.1) is 0 Å². The van der Waals surface area contributed by atoms with Gasteiger partial charge in [-0.3, -0.25) is 4.90 Å². The van der Waals surface area contributed by atoms with Gasteiger partial charge in [-0.05, 0) is 18.7 Å². The SMILES string of the molecule is CCN1CCOC(COc2cccc(F)c2)C1. The van der Waals surface area contributed by atoms with Crippen LogP contribution in [0, 0.1) is 5.82 Å². The maximum Gasteiger partial charge on any atom is 0.126 e. The number of nitrogens with zero attached hydrogens (tertiary/aromatic N) is 1. The first-order valence-electron chi connectivity index (χ1n) is 6.00. The largest absolute Gasteiger partial charge is 0.491 e. The Balaban J connectivity index is 1.81. The van der Waals surface area contributed by atoms with Crippen molar-refractivity contribution in [3.05, 3.63) is 30.1 Å². The number of likely N-dealkylation sites (N-methyl/N-ethyl adjacent to an activating group) is 1. The highest BCUT2D eigenvalue weighted by Crippen LogP contribution is 2.13. The first kappa shape index (κ1) is 12.3. The van der Waals surface area contributed by atoms with Crippen LogP contribution in [-0.4, -0.2) is 43.9 Å². The molecule has 0 spiro atoms. The first-order chi connectivity index (χ1) is 8.28. The van der Waals surface area contributed by atoms with Crippen molar-refractivity contribution in [1.82, 2.24) is 4.90 Å². The highest BCUT2D eigenvalue weighted by Gasteiger charge is 2.19. The molecule has 0 saturated carbocycles. The van der Waals surface area contributed by atoms with E-state index in [-0.39, 0.29) is 11.9 Å². The Morgan fingerprint density at radius 3 is 3.18 bits per heavy atom. The number of rotatable bonds is 4. The van der Waals surface area contributed by atoms with Crippen molar-refractivity contribution in [2.24, 2.45) is 0 Å². The second-order valence-corrected chi connectivity index (χ2v) is 4.15. The lowest BCUT2D eigenvalue weighted by Gasteiger charge is -2.31. The van der Waals surface area contributed by atoms with E-state index in [4.69, 9.17) is 9.47 Å². The predicted octanol–water partition coefficient (Wildman–Crippen LogP) is 1.93. The fraction of sp³-hybridized carbons (Fsp3) is 0.538. The van der Waals surface area contributed by atoms with E-state index < -0.39 is 0 Å². The Morgan fingerprint density at radius 1 is 1.53 bits per heavy atom. The summed E-state index contributed by atoms with van der Waals surface area (Å²) in [4.78, 5) is 2.32. The summed E-state index contributed by atoms with van der Waals surface area (Å²) < 4.78 is 24.1. The first-order valence-corrected chi connectivity index (χ1v) is 6.00. The summed E-state index contributed by atoms with van der Waals surface area (Å²) in [6, 6.07) is 6.19. The Kier molecular flexibility index (Phi) is 4.34. The molecule has 4 heteroatoms. The molecular formula is C13H18FNO2.